The number of hydrogen-bond donors (Lipinski definition) is 3. The van der Waals surface area contributed by atoms with E-state index in [0.717, 1.165) is 0 Å². The summed E-state index contributed by atoms with van der Waals surface area (Å²) in [6.45, 7) is 0.888. The summed E-state index contributed by atoms with van der Waals surface area (Å²) in [5, 5.41) is 11.6. The maximum Gasteiger partial charge on any atom is 0.280 e. The number of nitrogens with zero attached hydrogens (tertiary/aromatic N) is 3. The Morgan fingerprint density at radius 1 is 1.65 bits per heavy atom. The van der Waals surface area contributed by atoms with E-state index >= 15 is 0 Å². The number of rotatable bonds is 4. The highest BCUT2D eigenvalue weighted by atomic mass is 16.5. The second-order valence-corrected chi connectivity index (χ2v) is 3.67. The van der Waals surface area contributed by atoms with Gasteiger partial charge in [0.2, 0.25) is 5.95 Å². The van der Waals surface area contributed by atoms with Gasteiger partial charge in [0, 0.05) is 7.05 Å². The fourth-order valence-electron chi connectivity index (χ4n) is 1.59. The number of nitrogen functional groups attached to an aromatic ring is 1. The SMILES string of the molecule is Cn1c(N)nc2c(c1=O)NCN2COCCO. The molecule has 2 rings (SSSR count). The van der Waals surface area contributed by atoms with E-state index in [1.165, 1.54) is 4.57 Å². The molecule has 0 saturated heterocycles. The summed E-state index contributed by atoms with van der Waals surface area (Å²) in [6, 6.07) is 0. The van der Waals surface area contributed by atoms with Gasteiger partial charge in [-0.3, -0.25) is 9.36 Å². The molecule has 1 aromatic heterocycles. The van der Waals surface area contributed by atoms with Crippen LogP contribution >= 0.6 is 0 Å². The maximum absolute atomic E-state index is 11.8. The van der Waals surface area contributed by atoms with Gasteiger partial charge in [-0.15, -0.1) is 0 Å². The van der Waals surface area contributed by atoms with E-state index in [4.69, 9.17) is 15.6 Å². The third-order valence-electron chi connectivity index (χ3n) is 2.54. The Labute approximate surface area is 97.6 Å². The van der Waals surface area contributed by atoms with Crippen LogP contribution in [-0.4, -0.2) is 41.3 Å². The molecule has 0 spiro atoms. The summed E-state index contributed by atoms with van der Waals surface area (Å²) >= 11 is 0. The second-order valence-electron chi connectivity index (χ2n) is 3.67. The first kappa shape index (κ1) is 11.7. The first-order chi connectivity index (χ1) is 8.15. The van der Waals surface area contributed by atoms with E-state index in [2.05, 4.69) is 10.3 Å². The van der Waals surface area contributed by atoms with Crippen LogP contribution in [0.3, 0.4) is 0 Å². The molecule has 0 amide bonds. The minimum atomic E-state index is -0.211. The number of aliphatic hydroxyl groups excluding tert-OH is 1. The molecule has 0 saturated carbocycles. The molecule has 0 atom stereocenters. The third kappa shape index (κ3) is 2.04. The van der Waals surface area contributed by atoms with Crippen molar-refractivity contribution in [1.82, 2.24) is 9.55 Å². The maximum atomic E-state index is 11.8. The molecule has 8 heteroatoms. The number of aromatic nitrogens is 2. The van der Waals surface area contributed by atoms with E-state index in [-0.39, 0.29) is 31.5 Å². The van der Waals surface area contributed by atoms with Crippen LogP contribution in [0.4, 0.5) is 17.5 Å². The van der Waals surface area contributed by atoms with Crippen LogP contribution in [-0.2, 0) is 11.8 Å². The lowest BCUT2D eigenvalue weighted by molar-refractivity contribution is 0.0934. The number of fused-ring (bicyclic) bond motifs is 1. The lowest BCUT2D eigenvalue weighted by atomic mass is 10.4. The molecule has 0 aliphatic carbocycles. The van der Waals surface area contributed by atoms with Crippen molar-refractivity contribution in [2.45, 2.75) is 0 Å². The van der Waals surface area contributed by atoms with Gasteiger partial charge in [0.1, 0.15) is 12.4 Å². The predicted molar refractivity (Wildman–Crippen MR) is 62.8 cm³/mol. The van der Waals surface area contributed by atoms with Gasteiger partial charge in [-0.1, -0.05) is 0 Å². The topological polar surface area (TPSA) is 106 Å². The van der Waals surface area contributed by atoms with Gasteiger partial charge in [-0.2, -0.15) is 4.98 Å². The highest BCUT2D eigenvalue weighted by Gasteiger charge is 2.24. The molecule has 1 aromatic rings. The third-order valence-corrected chi connectivity index (χ3v) is 2.54. The van der Waals surface area contributed by atoms with Gasteiger partial charge < -0.3 is 25.8 Å². The van der Waals surface area contributed by atoms with Crippen molar-refractivity contribution >= 4 is 17.5 Å². The van der Waals surface area contributed by atoms with E-state index in [1.807, 2.05) is 0 Å². The van der Waals surface area contributed by atoms with Crippen molar-refractivity contribution in [3.8, 4) is 0 Å². The van der Waals surface area contributed by atoms with E-state index in [0.29, 0.717) is 18.2 Å². The Morgan fingerprint density at radius 2 is 2.41 bits per heavy atom. The zero-order valence-electron chi connectivity index (χ0n) is 9.51. The van der Waals surface area contributed by atoms with Gasteiger partial charge in [0.05, 0.1) is 19.9 Å². The van der Waals surface area contributed by atoms with Gasteiger partial charge in [0.15, 0.2) is 5.82 Å². The first-order valence-corrected chi connectivity index (χ1v) is 5.19. The minimum absolute atomic E-state index is 0.0414. The molecule has 1 aliphatic heterocycles. The Balaban J connectivity index is 2.23. The normalized spacial score (nSPS) is 13.6. The zero-order chi connectivity index (χ0) is 12.4. The molecule has 2 heterocycles. The van der Waals surface area contributed by atoms with Crippen molar-refractivity contribution < 1.29 is 9.84 Å². The van der Waals surface area contributed by atoms with Crippen LogP contribution in [0.5, 0.6) is 0 Å². The fraction of sp³-hybridized carbons (Fsp3) is 0.556. The summed E-state index contributed by atoms with van der Waals surface area (Å²) in [6.07, 6.45) is 0. The number of nitrogens with one attached hydrogen (secondary N) is 1. The fourth-order valence-corrected chi connectivity index (χ4v) is 1.59. The van der Waals surface area contributed by atoms with Crippen LogP contribution in [0.2, 0.25) is 0 Å². The lowest BCUT2D eigenvalue weighted by Gasteiger charge is -2.16. The second kappa shape index (κ2) is 4.60. The van der Waals surface area contributed by atoms with Crippen LogP contribution in [0, 0.1) is 0 Å². The highest BCUT2D eigenvalue weighted by molar-refractivity contribution is 5.70. The Bertz CT molecular complexity index is 472. The summed E-state index contributed by atoms with van der Waals surface area (Å²) in [5.41, 5.74) is 5.84. The average Bonchev–Trinajstić information content (AvgIpc) is 2.70. The summed E-state index contributed by atoms with van der Waals surface area (Å²) in [5.74, 6) is 0.646. The number of anilines is 3. The molecule has 0 bridgehead atoms. The van der Waals surface area contributed by atoms with E-state index in [1.54, 1.807) is 11.9 Å². The summed E-state index contributed by atoms with van der Waals surface area (Å²) in [7, 11) is 1.57. The quantitative estimate of drug-likeness (QED) is 0.552. The Hall–Kier alpha value is -1.80. The molecule has 1 aliphatic rings. The van der Waals surface area contributed by atoms with Crippen molar-refractivity contribution in [2.75, 3.05) is 42.6 Å². The van der Waals surface area contributed by atoms with Crippen molar-refractivity contribution in [1.29, 1.82) is 0 Å². The Morgan fingerprint density at radius 3 is 3.12 bits per heavy atom. The van der Waals surface area contributed by atoms with Crippen molar-refractivity contribution in [3.63, 3.8) is 0 Å². The Kier molecular flexibility index (Phi) is 3.16. The average molecular weight is 241 g/mol. The van der Waals surface area contributed by atoms with Crippen molar-refractivity contribution in [3.05, 3.63) is 10.4 Å². The molecule has 0 unspecified atom stereocenters. The van der Waals surface area contributed by atoms with Crippen LogP contribution in [0.15, 0.2) is 4.79 Å². The molecule has 0 radical (unpaired) electrons. The number of nitrogens with two attached hydrogens (primary N) is 1. The largest absolute Gasteiger partial charge is 0.394 e. The molecule has 4 N–H and O–H groups in total. The van der Waals surface area contributed by atoms with E-state index in [9.17, 15) is 4.79 Å². The van der Waals surface area contributed by atoms with Gasteiger partial charge >= 0.3 is 0 Å². The summed E-state index contributed by atoms with van der Waals surface area (Å²) < 4.78 is 6.46. The molecular weight excluding hydrogens is 226 g/mol. The highest BCUT2D eigenvalue weighted by Crippen LogP contribution is 2.25. The number of ether oxygens (including phenoxy) is 1. The number of aliphatic hydroxyl groups is 1. The predicted octanol–water partition coefficient (Wildman–Crippen LogP) is -1.48. The number of hydrogen-bond acceptors (Lipinski definition) is 7. The molecule has 0 fully saturated rings. The monoisotopic (exact) mass is 241 g/mol. The minimum Gasteiger partial charge on any atom is -0.394 e. The molecule has 17 heavy (non-hydrogen) atoms. The van der Waals surface area contributed by atoms with Crippen LogP contribution < -0.4 is 21.5 Å². The van der Waals surface area contributed by atoms with Crippen LogP contribution in [0.1, 0.15) is 0 Å². The molecule has 8 nitrogen and oxygen atoms in total. The standard InChI is InChI=1S/C9H15N5O3/c1-13-8(16)6-7(12-9(13)10)14(4-11-6)5-17-3-2-15/h11,15H,2-5H2,1H3,(H2,10,12). The molecular formula is C9H15N5O3. The molecule has 94 valence electrons. The van der Waals surface area contributed by atoms with E-state index < -0.39 is 0 Å². The van der Waals surface area contributed by atoms with Crippen molar-refractivity contribution in [2.24, 2.45) is 7.05 Å². The van der Waals surface area contributed by atoms with Gasteiger partial charge in [0.25, 0.3) is 5.56 Å². The van der Waals surface area contributed by atoms with Gasteiger partial charge in [-0.05, 0) is 0 Å². The van der Waals surface area contributed by atoms with Gasteiger partial charge in [-0.25, -0.2) is 0 Å². The summed E-state index contributed by atoms with van der Waals surface area (Å²) in [4.78, 5) is 17.7. The smallest absolute Gasteiger partial charge is 0.280 e. The lowest BCUT2D eigenvalue weighted by Crippen LogP contribution is -2.27. The zero-order valence-corrected chi connectivity index (χ0v) is 9.51. The molecule has 0 aromatic carbocycles. The van der Waals surface area contributed by atoms with Crippen LogP contribution in [0.25, 0.3) is 0 Å². The first-order valence-electron chi connectivity index (χ1n) is 5.19.